The van der Waals surface area contributed by atoms with Crippen LogP contribution in [0.3, 0.4) is 0 Å². The highest BCUT2D eigenvalue weighted by Gasteiger charge is 2.40. The quantitative estimate of drug-likeness (QED) is 0.749. The van der Waals surface area contributed by atoms with Gasteiger partial charge < -0.3 is 5.32 Å². The Balaban J connectivity index is 1.78. The Hall–Kier alpha value is -1.77. The Morgan fingerprint density at radius 2 is 1.89 bits per heavy atom. The highest BCUT2D eigenvalue weighted by molar-refractivity contribution is 9.10. The third kappa shape index (κ3) is 4.23. The fourth-order valence-electron chi connectivity index (χ4n) is 3.21. The van der Waals surface area contributed by atoms with Gasteiger partial charge in [0.25, 0.3) is 0 Å². The summed E-state index contributed by atoms with van der Waals surface area (Å²) in [6.45, 7) is 2.03. The molecule has 1 aliphatic heterocycles. The third-order valence-electron chi connectivity index (χ3n) is 4.66. The smallest absolute Gasteiger partial charge is 0.246 e. The van der Waals surface area contributed by atoms with Gasteiger partial charge in [-0.15, -0.1) is 0 Å². The van der Waals surface area contributed by atoms with E-state index in [4.69, 9.17) is 0 Å². The van der Waals surface area contributed by atoms with Crippen LogP contribution in [0, 0.1) is 5.82 Å². The predicted octanol–water partition coefficient (Wildman–Crippen LogP) is 3.62. The van der Waals surface area contributed by atoms with Crippen molar-refractivity contribution in [1.29, 1.82) is 0 Å². The lowest BCUT2D eigenvalue weighted by atomic mass is 10.1. The molecule has 1 amide bonds. The second kappa shape index (κ2) is 8.08. The van der Waals surface area contributed by atoms with Gasteiger partial charge in [0.05, 0.1) is 6.04 Å². The molecule has 1 aliphatic rings. The third-order valence-corrected chi connectivity index (χ3v) is 7.13. The van der Waals surface area contributed by atoms with E-state index in [9.17, 15) is 17.6 Å². The average molecular weight is 455 g/mol. The standard InChI is InChI=1S/C19H20BrFN2O3S/c1-13(14-8-10-15(20)11-9-14)22-19(24)17-6-4-12-23(17)27(25,26)18-7-3-2-5-16(18)21/h2-3,5,7-11,13,17H,4,6,12H2,1H3,(H,22,24). The number of sulfonamides is 1. The van der Waals surface area contributed by atoms with Crippen LogP contribution in [0.1, 0.15) is 31.4 Å². The molecule has 2 unspecified atom stereocenters. The van der Waals surface area contributed by atoms with Gasteiger partial charge in [-0.1, -0.05) is 40.2 Å². The van der Waals surface area contributed by atoms with E-state index in [-0.39, 0.29) is 18.5 Å². The van der Waals surface area contributed by atoms with Crippen LogP contribution >= 0.6 is 15.9 Å². The summed E-state index contributed by atoms with van der Waals surface area (Å²) in [6, 6.07) is 11.6. The first kappa shape index (κ1) is 20.0. The van der Waals surface area contributed by atoms with Crippen LogP contribution in [-0.2, 0) is 14.8 Å². The fraction of sp³-hybridized carbons (Fsp3) is 0.316. The molecule has 0 spiro atoms. The molecule has 0 aliphatic carbocycles. The summed E-state index contributed by atoms with van der Waals surface area (Å²) < 4.78 is 41.8. The van der Waals surface area contributed by atoms with Gasteiger partial charge >= 0.3 is 0 Å². The lowest BCUT2D eigenvalue weighted by molar-refractivity contribution is -0.124. The molecular formula is C19H20BrFN2O3S. The highest BCUT2D eigenvalue weighted by Crippen LogP contribution is 2.28. The molecule has 5 nitrogen and oxygen atoms in total. The zero-order chi connectivity index (χ0) is 19.6. The van der Waals surface area contributed by atoms with E-state index in [0.717, 1.165) is 20.4 Å². The van der Waals surface area contributed by atoms with Crippen molar-refractivity contribution in [2.75, 3.05) is 6.54 Å². The summed E-state index contributed by atoms with van der Waals surface area (Å²) in [6.07, 6.45) is 0.963. The Morgan fingerprint density at radius 1 is 1.22 bits per heavy atom. The van der Waals surface area contributed by atoms with Crippen molar-refractivity contribution in [2.45, 2.75) is 36.7 Å². The summed E-state index contributed by atoms with van der Waals surface area (Å²) in [7, 11) is -4.08. The zero-order valence-electron chi connectivity index (χ0n) is 14.7. The summed E-state index contributed by atoms with van der Waals surface area (Å²) in [5.74, 6) is -1.19. The topological polar surface area (TPSA) is 66.5 Å². The minimum atomic E-state index is -4.08. The molecule has 0 saturated carbocycles. The summed E-state index contributed by atoms with van der Waals surface area (Å²) in [5, 5.41) is 2.87. The number of halogens is 2. The van der Waals surface area contributed by atoms with E-state index < -0.39 is 26.8 Å². The summed E-state index contributed by atoms with van der Waals surface area (Å²) >= 11 is 3.37. The summed E-state index contributed by atoms with van der Waals surface area (Å²) in [5.41, 5.74) is 0.910. The molecule has 0 bridgehead atoms. The number of carbonyl (C=O) groups is 1. The maximum absolute atomic E-state index is 14.0. The zero-order valence-corrected chi connectivity index (χ0v) is 17.1. The maximum atomic E-state index is 14.0. The van der Waals surface area contributed by atoms with Gasteiger partial charge in [-0.2, -0.15) is 4.31 Å². The number of rotatable bonds is 5. The van der Waals surface area contributed by atoms with E-state index >= 15 is 0 Å². The lowest BCUT2D eigenvalue weighted by Crippen LogP contribution is -2.46. The first-order valence-electron chi connectivity index (χ1n) is 8.63. The number of nitrogens with zero attached hydrogens (tertiary/aromatic N) is 1. The number of carbonyl (C=O) groups excluding carboxylic acids is 1. The average Bonchev–Trinajstić information content (AvgIpc) is 3.13. The Labute approximate surface area is 166 Å². The molecule has 2 atom stereocenters. The normalized spacial score (nSPS) is 19.0. The van der Waals surface area contributed by atoms with Crippen molar-refractivity contribution < 1.29 is 17.6 Å². The second-order valence-corrected chi connectivity index (χ2v) is 9.26. The first-order valence-corrected chi connectivity index (χ1v) is 10.9. The van der Waals surface area contributed by atoms with Gasteiger partial charge in [0.2, 0.25) is 15.9 Å². The molecule has 144 valence electrons. The largest absolute Gasteiger partial charge is 0.348 e. The van der Waals surface area contributed by atoms with Crippen molar-refractivity contribution in [3.63, 3.8) is 0 Å². The van der Waals surface area contributed by atoms with Crippen LogP contribution in [0.25, 0.3) is 0 Å². The van der Waals surface area contributed by atoms with Gasteiger partial charge in [-0.3, -0.25) is 4.79 Å². The van der Waals surface area contributed by atoms with Crippen molar-refractivity contribution in [1.82, 2.24) is 9.62 Å². The highest BCUT2D eigenvalue weighted by atomic mass is 79.9. The van der Waals surface area contributed by atoms with Gasteiger partial charge in [-0.25, -0.2) is 12.8 Å². The van der Waals surface area contributed by atoms with E-state index in [0.29, 0.717) is 12.8 Å². The molecule has 1 heterocycles. The van der Waals surface area contributed by atoms with Crippen LogP contribution in [0.5, 0.6) is 0 Å². The van der Waals surface area contributed by atoms with Gasteiger partial charge in [-0.05, 0) is 49.6 Å². The molecule has 27 heavy (non-hydrogen) atoms. The summed E-state index contributed by atoms with van der Waals surface area (Å²) in [4.78, 5) is 12.4. The SMILES string of the molecule is CC(NC(=O)C1CCCN1S(=O)(=O)c1ccccc1F)c1ccc(Br)cc1. The van der Waals surface area contributed by atoms with Crippen LogP contribution in [0.2, 0.25) is 0 Å². The molecule has 1 fully saturated rings. The van der Waals surface area contributed by atoms with Crippen molar-refractivity contribution >= 4 is 31.9 Å². The van der Waals surface area contributed by atoms with Crippen LogP contribution in [-0.4, -0.2) is 31.2 Å². The van der Waals surface area contributed by atoms with Gasteiger partial charge in [0, 0.05) is 11.0 Å². The molecule has 1 N–H and O–H groups in total. The Bertz CT molecular complexity index is 934. The number of hydrogen-bond donors (Lipinski definition) is 1. The first-order chi connectivity index (χ1) is 12.8. The number of nitrogens with one attached hydrogen (secondary N) is 1. The molecule has 2 aromatic carbocycles. The molecule has 8 heteroatoms. The molecular weight excluding hydrogens is 435 g/mol. The van der Waals surface area contributed by atoms with E-state index in [1.54, 1.807) is 0 Å². The maximum Gasteiger partial charge on any atom is 0.246 e. The molecule has 0 aromatic heterocycles. The van der Waals surface area contributed by atoms with E-state index in [1.165, 1.54) is 18.2 Å². The van der Waals surface area contributed by atoms with E-state index in [1.807, 2.05) is 31.2 Å². The van der Waals surface area contributed by atoms with Gasteiger partial charge in [0.1, 0.15) is 16.8 Å². The van der Waals surface area contributed by atoms with Crippen molar-refractivity contribution in [3.8, 4) is 0 Å². The van der Waals surface area contributed by atoms with Crippen molar-refractivity contribution in [3.05, 3.63) is 64.4 Å². The molecule has 1 saturated heterocycles. The fourth-order valence-corrected chi connectivity index (χ4v) is 5.20. The Morgan fingerprint density at radius 3 is 2.56 bits per heavy atom. The number of hydrogen-bond acceptors (Lipinski definition) is 3. The molecule has 2 aromatic rings. The minimum absolute atomic E-state index is 0.196. The predicted molar refractivity (Wildman–Crippen MR) is 104 cm³/mol. The van der Waals surface area contributed by atoms with Crippen LogP contribution < -0.4 is 5.32 Å². The molecule has 3 rings (SSSR count). The Kier molecular flexibility index (Phi) is 5.98. The van der Waals surface area contributed by atoms with Gasteiger partial charge in [0.15, 0.2) is 0 Å². The monoisotopic (exact) mass is 454 g/mol. The number of amides is 1. The van der Waals surface area contributed by atoms with E-state index in [2.05, 4.69) is 21.2 Å². The number of benzene rings is 2. The second-order valence-electron chi connectivity index (χ2n) is 6.49. The van der Waals surface area contributed by atoms with Crippen LogP contribution in [0.4, 0.5) is 4.39 Å². The van der Waals surface area contributed by atoms with Crippen LogP contribution in [0.15, 0.2) is 57.9 Å². The minimum Gasteiger partial charge on any atom is -0.348 e. The molecule has 0 radical (unpaired) electrons. The van der Waals surface area contributed by atoms with Crippen molar-refractivity contribution in [2.24, 2.45) is 0 Å². The lowest BCUT2D eigenvalue weighted by Gasteiger charge is -2.25.